The van der Waals surface area contributed by atoms with E-state index in [0.29, 0.717) is 32.3 Å². The first kappa shape index (κ1) is 19.5. The smallest absolute Gasteiger partial charge is 0.183 e. The van der Waals surface area contributed by atoms with Crippen molar-refractivity contribution in [1.82, 2.24) is 10.3 Å². The van der Waals surface area contributed by atoms with Gasteiger partial charge in [0.25, 0.3) is 0 Å². The fourth-order valence-corrected chi connectivity index (χ4v) is 3.43. The van der Waals surface area contributed by atoms with E-state index in [1.165, 1.54) is 11.3 Å². The number of thiazole rings is 1. The molecule has 0 amide bonds. The number of nitrogens with one attached hydrogen (secondary N) is 2. The molecule has 1 aromatic heterocycles. The highest BCUT2D eigenvalue weighted by molar-refractivity contribution is 7.15. The molecule has 0 bridgehead atoms. The second kappa shape index (κ2) is 8.02. The first-order valence-corrected chi connectivity index (χ1v) is 9.22. The number of Topliss-reactive ketones (excluding diaryl/α,β-unsaturated/α-hetero) is 1. The molecule has 0 radical (unpaired) electrons. The quantitative estimate of drug-likeness (QED) is 0.640. The summed E-state index contributed by atoms with van der Waals surface area (Å²) in [5.74, 6) is -0.0606. The van der Waals surface area contributed by atoms with E-state index in [2.05, 4.69) is 15.6 Å². The second-order valence-corrected chi connectivity index (χ2v) is 8.79. The van der Waals surface area contributed by atoms with E-state index in [-0.39, 0.29) is 17.9 Å². The van der Waals surface area contributed by atoms with Gasteiger partial charge in [0.15, 0.2) is 10.3 Å². The molecule has 1 aromatic carbocycles. The molecule has 2 aromatic rings. The van der Waals surface area contributed by atoms with Crippen molar-refractivity contribution in [1.29, 1.82) is 0 Å². The van der Waals surface area contributed by atoms with Gasteiger partial charge in [-0.15, -0.1) is 11.3 Å². The van der Waals surface area contributed by atoms with Crippen molar-refractivity contribution >= 4 is 57.6 Å². The molecule has 0 aliphatic heterocycles. The molecule has 0 spiro atoms. The van der Waals surface area contributed by atoms with Crippen molar-refractivity contribution in [3.63, 3.8) is 0 Å². The zero-order valence-electron chi connectivity index (χ0n) is 13.5. The molecule has 2 N–H and O–H groups in total. The van der Waals surface area contributed by atoms with E-state index >= 15 is 0 Å². The predicted molar refractivity (Wildman–Crippen MR) is 103 cm³/mol. The molecule has 130 valence electrons. The number of ketones is 1. The standard InChI is InChI=1S/C16H18Cl3N3OS/c1-16(2,3)22-8-13(23)9-4-11(17)14(12(18)5-9)20-6-10-7-21-15(19)24-10/h4-5,7,20,22H,6,8H2,1-3H3. The number of anilines is 1. The summed E-state index contributed by atoms with van der Waals surface area (Å²) < 4.78 is 0.483. The van der Waals surface area contributed by atoms with Crippen LogP contribution in [-0.4, -0.2) is 22.9 Å². The predicted octanol–water partition coefficient (Wildman–Crippen LogP) is 5.29. The van der Waals surface area contributed by atoms with Gasteiger partial charge in [0.2, 0.25) is 0 Å². The topological polar surface area (TPSA) is 54.0 Å². The number of halogens is 3. The van der Waals surface area contributed by atoms with Crippen LogP contribution in [-0.2, 0) is 6.54 Å². The average molecular weight is 407 g/mol. The maximum absolute atomic E-state index is 12.3. The minimum atomic E-state index is -0.138. The molecule has 0 unspecified atom stereocenters. The van der Waals surface area contributed by atoms with Gasteiger partial charge in [0.1, 0.15) is 0 Å². The van der Waals surface area contributed by atoms with Crippen molar-refractivity contribution in [2.24, 2.45) is 0 Å². The number of carbonyl (C=O) groups excluding carboxylic acids is 1. The van der Waals surface area contributed by atoms with Crippen LogP contribution in [0.25, 0.3) is 0 Å². The van der Waals surface area contributed by atoms with Crippen LogP contribution in [0.1, 0.15) is 36.0 Å². The van der Waals surface area contributed by atoms with Crippen molar-refractivity contribution < 1.29 is 4.79 Å². The number of hydrogen-bond acceptors (Lipinski definition) is 5. The third-order valence-electron chi connectivity index (χ3n) is 3.11. The first-order valence-electron chi connectivity index (χ1n) is 7.27. The Balaban J connectivity index is 2.08. The Bertz CT molecular complexity index is 717. The summed E-state index contributed by atoms with van der Waals surface area (Å²) in [4.78, 5) is 17.2. The third-order valence-corrected chi connectivity index (χ3v) is 4.82. The van der Waals surface area contributed by atoms with E-state index in [1.807, 2.05) is 20.8 Å². The minimum absolute atomic E-state index is 0.0606. The van der Waals surface area contributed by atoms with Gasteiger partial charge in [0, 0.05) is 22.2 Å². The van der Waals surface area contributed by atoms with Crippen LogP contribution in [0.4, 0.5) is 5.69 Å². The Kier molecular flexibility index (Phi) is 6.51. The molecular weight excluding hydrogens is 389 g/mol. The monoisotopic (exact) mass is 405 g/mol. The normalized spacial score (nSPS) is 11.6. The molecule has 0 atom stereocenters. The Hall–Kier alpha value is -0.850. The van der Waals surface area contributed by atoms with Gasteiger partial charge in [-0.05, 0) is 32.9 Å². The number of carbonyl (C=O) groups is 1. The van der Waals surface area contributed by atoms with Crippen LogP contribution in [0.5, 0.6) is 0 Å². The van der Waals surface area contributed by atoms with Gasteiger partial charge < -0.3 is 10.6 Å². The molecule has 2 rings (SSSR count). The van der Waals surface area contributed by atoms with Crippen molar-refractivity contribution in [2.45, 2.75) is 32.9 Å². The van der Waals surface area contributed by atoms with Crippen LogP contribution in [0.2, 0.25) is 14.5 Å². The fourth-order valence-electron chi connectivity index (χ4n) is 1.89. The summed E-state index contributed by atoms with van der Waals surface area (Å²) in [6.45, 7) is 6.72. The lowest BCUT2D eigenvalue weighted by atomic mass is 10.1. The summed E-state index contributed by atoms with van der Waals surface area (Å²) in [6.07, 6.45) is 1.69. The minimum Gasteiger partial charge on any atom is -0.378 e. The van der Waals surface area contributed by atoms with Gasteiger partial charge >= 0.3 is 0 Å². The molecule has 4 nitrogen and oxygen atoms in total. The van der Waals surface area contributed by atoms with Crippen LogP contribution >= 0.6 is 46.1 Å². The van der Waals surface area contributed by atoms with Gasteiger partial charge in [-0.1, -0.05) is 34.8 Å². The summed E-state index contributed by atoms with van der Waals surface area (Å²) in [5.41, 5.74) is 0.928. The van der Waals surface area contributed by atoms with E-state index in [9.17, 15) is 4.79 Å². The third kappa shape index (κ3) is 5.60. The number of hydrogen-bond donors (Lipinski definition) is 2. The molecule has 0 aliphatic carbocycles. The largest absolute Gasteiger partial charge is 0.378 e. The van der Waals surface area contributed by atoms with Gasteiger partial charge in [-0.25, -0.2) is 4.98 Å². The Morgan fingerprint density at radius 1 is 1.21 bits per heavy atom. The fraction of sp³-hybridized carbons (Fsp3) is 0.375. The number of rotatable bonds is 6. The first-order chi connectivity index (χ1) is 11.2. The van der Waals surface area contributed by atoms with Gasteiger partial charge in [-0.2, -0.15) is 0 Å². The highest BCUT2D eigenvalue weighted by atomic mass is 35.5. The van der Waals surface area contributed by atoms with E-state index in [0.717, 1.165) is 4.88 Å². The Labute approximate surface area is 160 Å². The number of aromatic nitrogens is 1. The highest BCUT2D eigenvalue weighted by Crippen LogP contribution is 2.33. The van der Waals surface area contributed by atoms with E-state index in [4.69, 9.17) is 34.8 Å². The lowest BCUT2D eigenvalue weighted by Gasteiger charge is -2.20. The maximum Gasteiger partial charge on any atom is 0.183 e. The van der Waals surface area contributed by atoms with Crippen molar-refractivity contribution in [3.8, 4) is 0 Å². The Morgan fingerprint density at radius 2 is 1.83 bits per heavy atom. The maximum atomic E-state index is 12.3. The molecule has 0 saturated carbocycles. The SMILES string of the molecule is CC(C)(C)NCC(=O)c1cc(Cl)c(NCc2cnc(Cl)s2)c(Cl)c1. The molecule has 1 heterocycles. The van der Waals surface area contributed by atoms with Crippen molar-refractivity contribution in [3.05, 3.63) is 43.3 Å². The molecule has 0 saturated heterocycles. The summed E-state index contributed by atoms with van der Waals surface area (Å²) in [6, 6.07) is 3.25. The highest BCUT2D eigenvalue weighted by Gasteiger charge is 2.16. The van der Waals surface area contributed by atoms with Gasteiger partial charge in [0.05, 0.1) is 28.8 Å². The van der Waals surface area contributed by atoms with E-state index in [1.54, 1.807) is 18.3 Å². The number of nitrogens with zero attached hydrogens (tertiary/aromatic N) is 1. The summed E-state index contributed by atoms with van der Waals surface area (Å²) in [5, 5.41) is 7.11. The van der Waals surface area contributed by atoms with Crippen LogP contribution < -0.4 is 10.6 Å². The number of benzene rings is 1. The van der Waals surface area contributed by atoms with Gasteiger partial charge in [-0.3, -0.25) is 4.79 Å². The zero-order valence-corrected chi connectivity index (χ0v) is 16.6. The van der Waals surface area contributed by atoms with Crippen molar-refractivity contribution in [2.75, 3.05) is 11.9 Å². The van der Waals surface area contributed by atoms with Crippen LogP contribution in [0.3, 0.4) is 0 Å². The zero-order chi connectivity index (χ0) is 17.9. The molecule has 0 fully saturated rings. The lowest BCUT2D eigenvalue weighted by Crippen LogP contribution is -2.39. The average Bonchev–Trinajstić information content (AvgIpc) is 2.88. The molecular formula is C16H18Cl3N3OS. The Morgan fingerprint density at radius 3 is 2.33 bits per heavy atom. The van der Waals surface area contributed by atoms with Crippen LogP contribution in [0, 0.1) is 0 Å². The molecule has 24 heavy (non-hydrogen) atoms. The molecule has 0 aliphatic rings. The summed E-state index contributed by atoms with van der Waals surface area (Å²) in [7, 11) is 0. The lowest BCUT2D eigenvalue weighted by molar-refractivity contribution is 0.0982. The van der Waals surface area contributed by atoms with Crippen LogP contribution in [0.15, 0.2) is 18.3 Å². The van der Waals surface area contributed by atoms with E-state index < -0.39 is 0 Å². The summed E-state index contributed by atoms with van der Waals surface area (Å²) >= 11 is 19.7. The second-order valence-electron chi connectivity index (χ2n) is 6.27. The molecule has 8 heteroatoms.